The van der Waals surface area contributed by atoms with E-state index in [0.717, 1.165) is 13.1 Å². The van der Waals surface area contributed by atoms with Crippen LogP contribution in [-0.2, 0) is 15.9 Å². The normalized spacial score (nSPS) is 20.6. The Labute approximate surface area is 129 Å². The minimum atomic E-state index is -0.266. The SMILES string of the molecule is CN(CC=CB1OC(C)(C)C(C)(C)O1)Cc1ccccc1. The molecule has 0 unspecified atom stereocenters. The van der Waals surface area contributed by atoms with Gasteiger partial charge in [0.15, 0.2) is 0 Å². The Morgan fingerprint density at radius 2 is 1.62 bits per heavy atom. The largest absolute Gasteiger partial charge is 0.486 e. The molecule has 0 radical (unpaired) electrons. The Morgan fingerprint density at radius 3 is 2.19 bits per heavy atom. The molecule has 1 aliphatic rings. The molecule has 0 spiro atoms. The summed E-state index contributed by atoms with van der Waals surface area (Å²) in [5, 5.41) is 0. The summed E-state index contributed by atoms with van der Waals surface area (Å²) < 4.78 is 11.9. The highest BCUT2D eigenvalue weighted by Gasteiger charge is 2.49. The van der Waals surface area contributed by atoms with Crippen molar-refractivity contribution in [2.75, 3.05) is 13.6 Å². The van der Waals surface area contributed by atoms with Gasteiger partial charge in [-0.1, -0.05) is 42.4 Å². The highest BCUT2D eigenvalue weighted by atomic mass is 16.7. The van der Waals surface area contributed by atoms with E-state index >= 15 is 0 Å². The van der Waals surface area contributed by atoms with Gasteiger partial charge < -0.3 is 9.31 Å². The lowest BCUT2D eigenvalue weighted by atomic mass is 9.90. The van der Waals surface area contributed by atoms with Crippen LogP contribution in [0, 0.1) is 0 Å². The molecule has 1 aromatic carbocycles. The first kappa shape index (κ1) is 16.3. The van der Waals surface area contributed by atoms with Crippen LogP contribution >= 0.6 is 0 Å². The summed E-state index contributed by atoms with van der Waals surface area (Å²) in [6.07, 6.45) is 2.12. The molecule has 1 heterocycles. The van der Waals surface area contributed by atoms with Crippen molar-refractivity contribution in [1.82, 2.24) is 4.90 Å². The molecule has 21 heavy (non-hydrogen) atoms. The maximum atomic E-state index is 5.94. The molecule has 0 aliphatic carbocycles. The highest BCUT2D eigenvalue weighted by Crippen LogP contribution is 2.36. The summed E-state index contributed by atoms with van der Waals surface area (Å²) >= 11 is 0. The predicted octanol–water partition coefficient (Wildman–Crippen LogP) is 3.31. The summed E-state index contributed by atoms with van der Waals surface area (Å²) in [5.41, 5.74) is 0.791. The maximum Gasteiger partial charge on any atom is 0.486 e. The molecule has 1 saturated heterocycles. The first-order valence-corrected chi connectivity index (χ1v) is 7.55. The van der Waals surface area contributed by atoms with Gasteiger partial charge in [0.1, 0.15) is 0 Å². The average Bonchev–Trinajstić information content (AvgIpc) is 2.58. The van der Waals surface area contributed by atoms with Crippen LogP contribution in [0.2, 0.25) is 0 Å². The molecule has 1 fully saturated rings. The Bertz CT molecular complexity index is 469. The summed E-state index contributed by atoms with van der Waals surface area (Å²) in [6.45, 7) is 10.1. The van der Waals surface area contributed by atoms with Crippen molar-refractivity contribution in [3.05, 3.63) is 47.9 Å². The topological polar surface area (TPSA) is 21.7 Å². The predicted molar refractivity (Wildman–Crippen MR) is 88.0 cm³/mol. The van der Waals surface area contributed by atoms with E-state index in [9.17, 15) is 0 Å². The number of hydrogen-bond acceptors (Lipinski definition) is 3. The molecule has 0 aromatic heterocycles. The van der Waals surface area contributed by atoms with Gasteiger partial charge in [0, 0.05) is 13.1 Å². The number of hydrogen-bond donors (Lipinski definition) is 0. The fourth-order valence-electron chi connectivity index (χ4n) is 2.28. The number of likely N-dealkylation sites (N-methyl/N-ethyl adjacent to an activating group) is 1. The van der Waals surface area contributed by atoms with Gasteiger partial charge in [-0.05, 0) is 40.3 Å². The van der Waals surface area contributed by atoms with Crippen molar-refractivity contribution in [1.29, 1.82) is 0 Å². The van der Waals surface area contributed by atoms with E-state index in [0.29, 0.717) is 0 Å². The van der Waals surface area contributed by atoms with Crippen molar-refractivity contribution in [2.24, 2.45) is 0 Å². The van der Waals surface area contributed by atoms with Crippen LogP contribution in [0.1, 0.15) is 33.3 Å². The van der Waals surface area contributed by atoms with E-state index in [4.69, 9.17) is 9.31 Å². The highest BCUT2D eigenvalue weighted by molar-refractivity contribution is 6.51. The maximum absolute atomic E-state index is 5.94. The number of nitrogens with zero attached hydrogens (tertiary/aromatic N) is 1. The van der Waals surface area contributed by atoms with E-state index in [1.165, 1.54) is 5.56 Å². The summed E-state index contributed by atoms with van der Waals surface area (Å²) in [7, 11) is 1.86. The molecule has 4 heteroatoms. The van der Waals surface area contributed by atoms with Gasteiger partial charge >= 0.3 is 7.12 Å². The van der Waals surface area contributed by atoms with Crippen LogP contribution < -0.4 is 0 Å². The zero-order valence-corrected chi connectivity index (χ0v) is 13.8. The first-order valence-electron chi connectivity index (χ1n) is 7.55. The third-order valence-corrected chi connectivity index (χ3v) is 4.28. The van der Waals surface area contributed by atoms with E-state index < -0.39 is 0 Å². The molecule has 114 valence electrons. The third-order valence-electron chi connectivity index (χ3n) is 4.28. The number of benzene rings is 1. The lowest BCUT2D eigenvalue weighted by molar-refractivity contribution is 0.00578. The Balaban J connectivity index is 1.81. The van der Waals surface area contributed by atoms with Gasteiger partial charge in [-0.3, -0.25) is 4.90 Å². The molecule has 3 nitrogen and oxygen atoms in total. The lowest BCUT2D eigenvalue weighted by Gasteiger charge is -2.32. The fraction of sp³-hybridized carbons (Fsp3) is 0.529. The van der Waals surface area contributed by atoms with Gasteiger partial charge in [0.2, 0.25) is 0 Å². The van der Waals surface area contributed by atoms with Gasteiger partial charge in [-0.25, -0.2) is 0 Å². The molecule has 1 aliphatic heterocycles. The van der Waals surface area contributed by atoms with Crippen molar-refractivity contribution < 1.29 is 9.31 Å². The second-order valence-corrected chi connectivity index (χ2v) is 6.74. The standard InChI is InChI=1S/C17H26BNO2/c1-16(2)17(3,4)21-18(20-16)12-9-13-19(5)14-15-10-7-6-8-11-15/h6-12H,13-14H2,1-5H3. The molecular formula is C17H26BNO2. The molecular weight excluding hydrogens is 261 g/mol. The van der Waals surface area contributed by atoms with Gasteiger partial charge in [-0.15, -0.1) is 0 Å². The zero-order valence-electron chi connectivity index (χ0n) is 13.8. The lowest BCUT2D eigenvalue weighted by Crippen LogP contribution is -2.41. The Hall–Kier alpha value is -1.10. The summed E-state index contributed by atoms with van der Waals surface area (Å²) in [5.74, 6) is 2.01. The van der Waals surface area contributed by atoms with E-state index in [2.05, 4.69) is 70.0 Å². The Kier molecular flexibility index (Phi) is 4.92. The van der Waals surface area contributed by atoms with Gasteiger partial charge in [-0.2, -0.15) is 0 Å². The average molecular weight is 287 g/mol. The minimum absolute atomic E-state index is 0.250. The quantitative estimate of drug-likeness (QED) is 0.776. The monoisotopic (exact) mass is 287 g/mol. The molecule has 0 amide bonds. The molecule has 0 bridgehead atoms. The van der Waals surface area contributed by atoms with Crippen molar-refractivity contribution in [3.63, 3.8) is 0 Å². The van der Waals surface area contributed by atoms with E-state index in [1.54, 1.807) is 0 Å². The summed E-state index contributed by atoms with van der Waals surface area (Å²) in [4.78, 5) is 2.26. The first-order chi connectivity index (χ1) is 9.80. The summed E-state index contributed by atoms with van der Waals surface area (Å²) in [6, 6.07) is 10.5. The van der Waals surface area contributed by atoms with Crippen molar-refractivity contribution >= 4 is 7.12 Å². The van der Waals surface area contributed by atoms with Crippen LogP contribution in [0.15, 0.2) is 42.4 Å². The molecule has 0 saturated carbocycles. The molecule has 0 atom stereocenters. The van der Waals surface area contributed by atoms with E-state index in [-0.39, 0.29) is 18.3 Å². The second kappa shape index (κ2) is 6.35. The molecule has 0 N–H and O–H groups in total. The van der Waals surface area contributed by atoms with Crippen molar-refractivity contribution in [3.8, 4) is 0 Å². The van der Waals surface area contributed by atoms with Crippen LogP contribution in [0.3, 0.4) is 0 Å². The minimum Gasteiger partial charge on any atom is -0.400 e. The fourth-order valence-corrected chi connectivity index (χ4v) is 2.28. The van der Waals surface area contributed by atoms with Gasteiger partial charge in [0.25, 0.3) is 0 Å². The molecule has 2 rings (SSSR count). The van der Waals surface area contributed by atoms with Crippen LogP contribution in [0.5, 0.6) is 0 Å². The Morgan fingerprint density at radius 1 is 1.05 bits per heavy atom. The molecule has 1 aromatic rings. The van der Waals surface area contributed by atoms with Crippen LogP contribution in [0.4, 0.5) is 0 Å². The van der Waals surface area contributed by atoms with Gasteiger partial charge in [0.05, 0.1) is 11.2 Å². The van der Waals surface area contributed by atoms with E-state index in [1.807, 2.05) is 12.0 Å². The van der Waals surface area contributed by atoms with Crippen LogP contribution in [0.25, 0.3) is 0 Å². The van der Waals surface area contributed by atoms with Crippen LogP contribution in [-0.4, -0.2) is 36.8 Å². The second-order valence-electron chi connectivity index (χ2n) is 6.74. The third kappa shape index (κ3) is 4.19. The zero-order chi connectivity index (χ0) is 15.5. The van der Waals surface area contributed by atoms with Crippen molar-refractivity contribution in [2.45, 2.75) is 45.4 Å². The smallest absolute Gasteiger partial charge is 0.400 e. The number of rotatable bonds is 5.